The van der Waals surface area contributed by atoms with Gasteiger partial charge in [0.2, 0.25) is 11.8 Å². The summed E-state index contributed by atoms with van der Waals surface area (Å²) >= 11 is 0. The lowest BCUT2D eigenvalue weighted by molar-refractivity contribution is -0.121. The minimum atomic E-state index is -2.73. The summed E-state index contributed by atoms with van der Waals surface area (Å²) < 4.78 is 29.1. The Labute approximate surface area is 202 Å². The number of amides is 2. The Bertz CT molecular complexity index is 1170. The van der Waals surface area contributed by atoms with Gasteiger partial charge < -0.3 is 10.6 Å². The number of H-pyrrole nitrogens is 1. The number of alkyl halides is 2. The van der Waals surface area contributed by atoms with Crippen LogP contribution in [-0.2, 0) is 11.3 Å². The van der Waals surface area contributed by atoms with E-state index in [9.17, 15) is 18.4 Å². The van der Waals surface area contributed by atoms with E-state index in [1.807, 2.05) is 32.9 Å². The fourth-order valence-corrected chi connectivity index (χ4v) is 4.70. The van der Waals surface area contributed by atoms with E-state index < -0.39 is 29.7 Å². The van der Waals surface area contributed by atoms with Crippen LogP contribution in [0, 0.1) is 19.8 Å². The average molecular weight is 485 g/mol. The highest BCUT2D eigenvalue weighted by Crippen LogP contribution is 2.38. The SMILES string of the molecule is CCn1nccc1C(=O)N[C@H](C(=O)Nc1ccc(-c2c(C)n[nH]c2C)cc1)C1CCC(F)(F)CC1. The molecule has 1 atom stereocenters. The second-order valence-corrected chi connectivity index (χ2v) is 9.05. The van der Waals surface area contributed by atoms with E-state index in [-0.39, 0.29) is 25.7 Å². The van der Waals surface area contributed by atoms with Crippen molar-refractivity contribution in [2.75, 3.05) is 5.32 Å². The van der Waals surface area contributed by atoms with Crippen molar-refractivity contribution in [3.63, 3.8) is 0 Å². The normalized spacial score (nSPS) is 16.6. The van der Waals surface area contributed by atoms with Crippen LogP contribution in [0.4, 0.5) is 14.5 Å². The number of rotatable bonds is 7. The van der Waals surface area contributed by atoms with Gasteiger partial charge in [-0.15, -0.1) is 0 Å². The predicted octanol–water partition coefficient (Wildman–Crippen LogP) is 4.47. The van der Waals surface area contributed by atoms with Gasteiger partial charge in [-0.25, -0.2) is 8.78 Å². The quantitative estimate of drug-likeness (QED) is 0.460. The zero-order valence-electron chi connectivity index (χ0n) is 20.1. The highest BCUT2D eigenvalue weighted by Gasteiger charge is 2.40. The Balaban J connectivity index is 1.52. The summed E-state index contributed by atoms with van der Waals surface area (Å²) in [4.78, 5) is 26.3. The first-order chi connectivity index (χ1) is 16.7. The van der Waals surface area contributed by atoms with Crippen molar-refractivity contribution in [2.24, 2.45) is 5.92 Å². The fourth-order valence-electron chi connectivity index (χ4n) is 4.70. The Morgan fingerprint density at radius 1 is 1.17 bits per heavy atom. The van der Waals surface area contributed by atoms with Gasteiger partial charge in [0.25, 0.3) is 5.91 Å². The molecular formula is C25H30F2N6O2. The van der Waals surface area contributed by atoms with Crippen LogP contribution < -0.4 is 10.6 Å². The van der Waals surface area contributed by atoms with Crippen LogP contribution in [0.5, 0.6) is 0 Å². The molecule has 10 heteroatoms. The lowest BCUT2D eigenvalue weighted by Crippen LogP contribution is -2.50. The van der Waals surface area contributed by atoms with Crippen molar-refractivity contribution in [1.29, 1.82) is 0 Å². The van der Waals surface area contributed by atoms with E-state index in [1.165, 1.54) is 10.9 Å². The highest BCUT2D eigenvalue weighted by molar-refractivity contribution is 6.00. The maximum Gasteiger partial charge on any atom is 0.270 e. The number of hydrogen-bond donors (Lipinski definition) is 3. The molecule has 0 aliphatic heterocycles. The van der Waals surface area contributed by atoms with Crippen LogP contribution in [0.25, 0.3) is 11.1 Å². The molecule has 2 heterocycles. The van der Waals surface area contributed by atoms with E-state index in [1.54, 1.807) is 18.2 Å². The van der Waals surface area contributed by atoms with Gasteiger partial charge in [0.05, 0.1) is 5.69 Å². The third-order valence-corrected chi connectivity index (χ3v) is 6.62. The van der Waals surface area contributed by atoms with Crippen LogP contribution in [0.2, 0.25) is 0 Å². The monoisotopic (exact) mass is 484 g/mol. The van der Waals surface area contributed by atoms with Crippen molar-refractivity contribution in [1.82, 2.24) is 25.3 Å². The number of nitrogens with zero attached hydrogens (tertiary/aromatic N) is 3. The van der Waals surface area contributed by atoms with E-state index in [0.717, 1.165) is 22.5 Å². The minimum absolute atomic E-state index is 0.149. The number of aryl methyl sites for hydroxylation is 3. The smallest absolute Gasteiger partial charge is 0.270 e. The van der Waals surface area contributed by atoms with Gasteiger partial charge in [-0.2, -0.15) is 10.2 Å². The van der Waals surface area contributed by atoms with Crippen LogP contribution >= 0.6 is 0 Å². The van der Waals surface area contributed by atoms with Gasteiger partial charge in [-0.05, 0) is 63.3 Å². The van der Waals surface area contributed by atoms with Crippen molar-refractivity contribution in [3.05, 3.63) is 53.6 Å². The number of benzene rings is 1. The molecule has 1 fully saturated rings. The third kappa shape index (κ3) is 5.41. The topological polar surface area (TPSA) is 105 Å². The lowest BCUT2D eigenvalue weighted by atomic mass is 9.81. The first-order valence-electron chi connectivity index (χ1n) is 11.8. The first-order valence-corrected chi connectivity index (χ1v) is 11.8. The Morgan fingerprint density at radius 3 is 2.46 bits per heavy atom. The van der Waals surface area contributed by atoms with E-state index in [4.69, 9.17) is 0 Å². The van der Waals surface area contributed by atoms with E-state index in [0.29, 0.717) is 17.9 Å². The standard InChI is InChI=1S/C25H30F2N6O2/c1-4-33-20(11-14-28-33)23(34)30-22(18-9-12-25(26,27)13-10-18)24(35)29-19-7-5-17(6-8-19)21-15(2)31-32-16(21)3/h5-8,11,14,18,22H,4,9-10,12-13H2,1-3H3,(H,29,35)(H,30,34)(H,31,32)/t22-/m0/s1. The van der Waals surface area contributed by atoms with Crippen molar-refractivity contribution in [2.45, 2.75) is 65.0 Å². The Kier molecular flexibility index (Phi) is 7.00. The number of carbonyl (C=O) groups is 2. The molecular weight excluding hydrogens is 454 g/mol. The molecule has 3 aromatic rings. The summed E-state index contributed by atoms with van der Waals surface area (Å²) in [7, 11) is 0. The molecule has 0 unspecified atom stereocenters. The number of anilines is 1. The van der Waals surface area contributed by atoms with E-state index >= 15 is 0 Å². The van der Waals surface area contributed by atoms with E-state index in [2.05, 4.69) is 25.9 Å². The number of halogens is 2. The van der Waals surface area contributed by atoms with Crippen LogP contribution in [0.1, 0.15) is 54.5 Å². The lowest BCUT2D eigenvalue weighted by Gasteiger charge is -2.33. The van der Waals surface area contributed by atoms with Gasteiger partial charge in [0.1, 0.15) is 11.7 Å². The van der Waals surface area contributed by atoms with Crippen molar-refractivity contribution in [3.8, 4) is 11.1 Å². The van der Waals surface area contributed by atoms with Gasteiger partial charge >= 0.3 is 0 Å². The molecule has 186 valence electrons. The molecule has 3 N–H and O–H groups in total. The second-order valence-electron chi connectivity index (χ2n) is 9.05. The molecule has 0 radical (unpaired) electrons. The van der Waals surface area contributed by atoms with Crippen LogP contribution in [-0.4, -0.2) is 43.8 Å². The molecule has 0 spiro atoms. The summed E-state index contributed by atoms with van der Waals surface area (Å²) in [5, 5.41) is 16.9. The average Bonchev–Trinajstić information content (AvgIpc) is 3.44. The minimum Gasteiger partial charge on any atom is -0.339 e. The van der Waals surface area contributed by atoms with Gasteiger partial charge in [-0.3, -0.25) is 19.4 Å². The molecule has 35 heavy (non-hydrogen) atoms. The van der Waals surface area contributed by atoms with Gasteiger partial charge in [0, 0.05) is 42.5 Å². The summed E-state index contributed by atoms with van der Waals surface area (Å²) in [6, 6.07) is 7.95. The summed E-state index contributed by atoms with van der Waals surface area (Å²) in [6.07, 6.45) is 1.21. The zero-order valence-corrected chi connectivity index (χ0v) is 20.1. The van der Waals surface area contributed by atoms with Gasteiger partial charge in [0.15, 0.2) is 0 Å². The van der Waals surface area contributed by atoms with Crippen LogP contribution in [0.3, 0.4) is 0 Å². The molecule has 2 aromatic heterocycles. The molecule has 1 aromatic carbocycles. The summed E-state index contributed by atoms with van der Waals surface area (Å²) in [5.74, 6) is -4.02. The molecule has 1 saturated carbocycles. The molecule has 2 amide bonds. The summed E-state index contributed by atoms with van der Waals surface area (Å²) in [6.45, 7) is 6.20. The van der Waals surface area contributed by atoms with Gasteiger partial charge in [-0.1, -0.05) is 12.1 Å². The molecule has 1 aliphatic carbocycles. The highest BCUT2D eigenvalue weighted by atomic mass is 19.3. The molecule has 0 bridgehead atoms. The summed E-state index contributed by atoms with van der Waals surface area (Å²) in [5.41, 5.74) is 4.66. The number of hydrogen-bond acceptors (Lipinski definition) is 4. The Morgan fingerprint density at radius 2 is 1.86 bits per heavy atom. The number of aromatic nitrogens is 4. The first kappa shape index (κ1) is 24.6. The maximum absolute atomic E-state index is 13.8. The fraction of sp³-hybridized carbons (Fsp3) is 0.440. The maximum atomic E-state index is 13.8. The molecule has 4 rings (SSSR count). The van der Waals surface area contributed by atoms with Crippen molar-refractivity contribution < 1.29 is 18.4 Å². The van der Waals surface area contributed by atoms with Crippen molar-refractivity contribution >= 4 is 17.5 Å². The number of carbonyl (C=O) groups excluding carboxylic acids is 2. The van der Waals surface area contributed by atoms with Crippen LogP contribution in [0.15, 0.2) is 36.5 Å². The third-order valence-electron chi connectivity index (χ3n) is 6.62. The number of nitrogens with one attached hydrogen (secondary N) is 3. The Hall–Kier alpha value is -3.56. The molecule has 8 nitrogen and oxygen atoms in total. The second kappa shape index (κ2) is 9.97. The molecule has 1 aliphatic rings. The zero-order chi connectivity index (χ0) is 25.2. The largest absolute Gasteiger partial charge is 0.339 e. The number of aromatic amines is 1. The molecule has 0 saturated heterocycles. The predicted molar refractivity (Wildman–Crippen MR) is 128 cm³/mol.